The van der Waals surface area contributed by atoms with Crippen LogP contribution >= 0.6 is 0 Å². The zero-order valence-corrected chi connectivity index (χ0v) is 19.8. The first kappa shape index (κ1) is 30.2. The second-order valence-electron chi connectivity index (χ2n) is 9.14. The molecule has 2 atom stereocenters. The van der Waals surface area contributed by atoms with Crippen LogP contribution in [0.25, 0.3) is 0 Å². The molecule has 0 aliphatic rings. The number of carboxylic acids is 2. The zero-order valence-electron chi connectivity index (χ0n) is 19.8. The first-order chi connectivity index (χ1) is 15.3. The molecule has 0 amide bonds. The summed E-state index contributed by atoms with van der Waals surface area (Å²) in [5, 5.41) is 17.9. The highest BCUT2D eigenvalue weighted by Crippen LogP contribution is 2.21. The normalized spacial score (nSPS) is 12.8. The SMILES string of the molecule is CC(C)CC(CC(=O)O)CC(=O)OC(=O)CCCC(=O)OC(=O)CC(CC(=O)O)CC(C)C. The van der Waals surface area contributed by atoms with E-state index in [1.165, 1.54) is 0 Å². The molecule has 0 saturated heterocycles. The van der Waals surface area contributed by atoms with Crippen molar-refractivity contribution in [1.82, 2.24) is 0 Å². The Morgan fingerprint density at radius 1 is 0.576 bits per heavy atom. The molecule has 2 N–H and O–H groups in total. The van der Waals surface area contributed by atoms with Crippen LogP contribution < -0.4 is 0 Å². The van der Waals surface area contributed by atoms with Gasteiger partial charge in [-0.05, 0) is 42.9 Å². The zero-order chi connectivity index (χ0) is 25.6. The summed E-state index contributed by atoms with van der Waals surface area (Å²) in [5.74, 6) is -5.94. The summed E-state index contributed by atoms with van der Waals surface area (Å²) < 4.78 is 9.38. The number of aliphatic carboxylic acids is 2. The lowest BCUT2D eigenvalue weighted by molar-refractivity contribution is -0.161. The van der Waals surface area contributed by atoms with Crippen molar-refractivity contribution in [3.05, 3.63) is 0 Å². The van der Waals surface area contributed by atoms with E-state index in [-0.39, 0.29) is 56.8 Å². The number of rotatable bonds is 16. The summed E-state index contributed by atoms with van der Waals surface area (Å²) in [6, 6.07) is 0. The van der Waals surface area contributed by atoms with E-state index in [1.807, 2.05) is 27.7 Å². The maximum absolute atomic E-state index is 11.9. The van der Waals surface area contributed by atoms with Gasteiger partial charge in [0.2, 0.25) is 0 Å². The summed E-state index contributed by atoms with van der Waals surface area (Å²) >= 11 is 0. The predicted molar refractivity (Wildman–Crippen MR) is 116 cm³/mol. The number of hydrogen-bond acceptors (Lipinski definition) is 8. The van der Waals surface area contributed by atoms with Crippen LogP contribution in [0.15, 0.2) is 0 Å². The summed E-state index contributed by atoms with van der Waals surface area (Å²) in [6.45, 7) is 7.58. The summed E-state index contributed by atoms with van der Waals surface area (Å²) in [7, 11) is 0. The largest absolute Gasteiger partial charge is 0.481 e. The van der Waals surface area contributed by atoms with E-state index in [0.29, 0.717) is 12.8 Å². The third kappa shape index (κ3) is 17.5. The van der Waals surface area contributed by atoms with Gasteiger partial charge in [0.15, 0.2) is 0 Å². The lowest BCUT2D eigenvalue weighted by Crippen LogP contribution is -2.20. The smallest absolute Gasteiger partial charge is 0.313 e. The Bertz CT molecular complexity index is 637. The summed E-state index contributed by atoms with van der Waals surface area (Å²) in [5.41, 5.74) is 0. The minimum atomic E-state index is -1.04. The van der Waals surface area contributed by atoms with E-state index in [0.717, 1.165) is 0 Å². The van der Waals surface area contributed by atoms with Crippen LogP contribution in [0.1, 0.15) is 85.5 Å². The molecule has 33 heavy (non-hydrogen) atoms. The molecule has 0 aliphatic heterocycles. The molecule has 10 nitrogen and oxygen atoms in total. The average Bonchev–Trinajstić information content (AvgIpc) is 2.58. The van der Waals surface area contributed by atoms with E-state index in [2.05, 4.69) is 9.47 Å². The number of ether oxygens (including phenoxy) is 2. The lowest BCUT2D eigenvalue weighted by Gasteiger charge is -2.16. The van der Waals surface area contributed by atoms with Gasteiger partial charge in [-0.3, -0.25) is 28.8 Å². The Labute approximate surface area is 194 Å². The quantitative estimate of drug-likeness (QED) is 0.252. The molecule has 0 spiro atoms. The van der Waals surface area contributed by atoms with Crippen LogP contribution in [0.2, 0.25) is 0 Å². The molecule has 0 saturated carbocycles. The second-order valence-corrected chi connectivity index (χ2v) is 9.14. The topological polar surface area (TPSA) is 161 Å². The Morgan fingerprint density at radius 2 is 0.909 bits per heavy atom. The molecule has 10 heteroatoms. The molecule has 0 aromatic carbocycles. The van der Waals surface area contributed by atoms with Gasteiger partial charge in [0.1, 0.15) is 0 Å². The third-order valence-electron chi connectivity index (χ3n) is 4.66. The highest BCUT2D eigenvalue weighted by molar-refractivity contribution is 5.87. The molecule has 0 radical (unpaired) electrons. The van der Waals surface area contributed by atoms with Crippen molar-refractivity contribution < 1.29 is 48.5 Å². The standard InChI is InChI=1S/C23H36O10/c1-14(2)8-16(10-18(24)25)12-22(30)32-20(28)6-5-7-21(29)33-23(31)13-17(9-15(3)4)11-19(26)27/h14-17H,5-13H2,1-4H3,(H,24,25)(H,26,27). The third-order valence-corrected chi connectivity index (χ3v) is 4.66. The van der Waals surface area contributed by atoms with Crippen LogP contribution in [-0.2, 0) is 38.2 Å². The number of carboxylic acid groups (broad SMARTS) is 2. The van der Waals surface area contributed by atoms with Crippen molar-refractivity contribution in [1.29, 1.82) is 0 Å². The molecule has 0 aromatic rings. The van der Waals surface area contributed by atoms with Crippen molar-refractivity contribution in [2.24, 2.45) is 23.7 Å². The van der Waals surface area contributed by atoms with Crippen molar-refractivity contribution in [3.63, 3.8) is 0 Å². The van der Waals surface area contributed by atoms with Gasteiger partial charge in [-0.15, -0.1) is 0 Å². The van der Waals surface area contributed by atoms with Crippen LogP contribution in [-0.4, -0.2) is 46.0 Å². The van der Waals surface area contributed by atoms with E-state index in [1.54, 1.807) is 0 Å². The maximum atomic E-state index is 11.9. The molecule has 0 heterocycles. The molecule has 0 rings (SSSR count). The van der Waals surface area contributed by atoms with Gasteiger partial charge in [0, 0.05) is 38.5 Å². The molecule has 0 aromatic heterocycles. The fourth-order valence-corrected chi connectivity index (χ4v) is 3.59. The minimum absolute atomic E-state index is 0.00662. The number of esters is 4. The molecule has 0 aliphatic carbocycles. The van der Waals surface area contributed by atoms with Gasteiger partial charge < -0.3 is 19.7 Å². The van der Waals surface area contributed by atoms with E-state index >= 15 is 0 Å². The average molecular weight is 473 g/mol. The Morgan fingerprint density at radius 3 is 1.18 bits per heavy atom. The van der Waals surface area contributed by atoms with E-state index < -0.39 is 47.7 Å². The second kappa shape index (κ2) is 15.9. The Balaban J connectivity index is 4.37. The van der Waals surface area contributed by atoms with Gasteiger partial charge in [0.25, 0.3) is 0 Å². The monoisotopic (exact) mass is 472 g/mol. The lowest BCUT2D eigenvalue weighted by atomic mass is 9.91. The van der Waals surface area contributed by atoms with Gasteiger partial charge in [-0.2, -0.15) is 0 Å². The highest BCUT2D eigenvalue weighted by atomic mass is 16.6. The van der Waals surface area contributed by atoms with Crippen molar-refractivity contribution in [2.45, 2.75) is 85.5 Å². The van der Waals surface area contributed by atoms with Crippen LogP contribution in [0.5, 0.6) is 0 Å². The maximum Gasteiger partial charge on any atom is 0.313 e. The number of hydrogen-bond donors (Lipinski definition) is 2. The van der Waals surface area contributed by atoms with Gasteiger partial charge in [0.05, 0.1) is 0 Å². The van der Waals surface area contributed by atoms with Crippen molar-refractivity contribution in [3.8, 4) is 0 Å². The van der Waals surface area contributed by atoms with Crippen molar-refractivity contribution >= 4 is 35.8 Å². The first-order valence-corrected chi connectivity index (χ1v) is 11.2. The molecular weight excluding hydrogens is 436 g/mol. The Kier molecular flexibility index (Phi) is 14.6. The van der Waals surface area contributed by atoms with E-state index in [4.69, 9.17) is 10.2 Å². The van der Waals surface area contributed by atoms with Crippen LogP contribution in [0.3, 0.4) is 0 Å². The van der Waals surface area contributed by atoms with Crippen LogP contribution in [0, 0.1) is 23.7 Å². The number of carbonyl (C=O) groups excluding carboxylic acids is 4. The number of carbonyl (C=O) groups is 6. The highest BCUT2D eigenvalue weighted by Gasteiger charge is 2.23. The van der Waals surface area contributed by atoms with Gasteiger partial charge >= 0.3 is 35.8 Å². The molecule has 0 bridgehead atoms. The fraction of sp³-hybridized carbons (Fsp3) is 0.739. The van der Waals surface area contributed by atoms with Gasteiger partial charge in [-0.1, -0.05) is 27.7 Å². The van der Waals surface area contributed by atoms with Crippen LogP contribution in [0.4, 0.5) is 0 Å². The minimum Gasteiger partial charge on any atom is -0.481 e. The molecular formula is C23H36O10. The van der Waals surface area contributed by atoms with Crippen molar-refractivity contribution in [2.75, 3.05) is 0 Å². The van der Waals surface area contributed by atoms with Gasteiger partial charge in [-0.25, -0.2) is 0 Å². The summed E-state index contributed by atoms with van der Waals surface area (Å²) in [4.78, 5) is 69.3. The Hall–Kier alpha value is -2.78. The first-order valence-electron chi connectivity index (χ1n) is 11.2. The van der Waals surface area contributed by atoms with E-state index in [9.17, 15) is 28.8 Å². The molecule has 188 valence electrons. The molecule has 0 fully saturated rings. The summed E-state index contributed by atoms with van der Waals surface area (Å²) in [6.07, 6.45) is -0.304. The fourth-order valence-electron chi connectivity index (χ4n) is 3.59. The predicted octanol–water partition coefficient (Wildman–Crippen LogP) is 3.35. The molecule has 2 unspecified atom stereocenters.